The van der Waals surface area contributed by atoms with E-state index in [2.05, 4.69) is 44.8 Å². The van der Waals surface area contributed by atoms with Gasteiger partial charge in [-0.25, -0.2) is 0 Å². The van der Waals surface area contributed by atoms with E-state index in [0.29, 0.717) is 24.0 Å². The van der Waals surface area contributed by atoms with Crippen LogP contribution in [0.1, 0.15) is 47.5 Å². The minimum atomic E-state index is 0.613. The van der Waals surface area contributed by atoms with Gasteiger partial charge in [-0.2, -0.15) is 0 Å². The maximum Gasteiger partial charge on any atom is 0.0477 e. The van der Waals surface area contributed by atoms with Gasteiger partial charge in [0.1, 0.15) is 0 Å². The number of rotatable bonds is 7. The van der Waals surface area contributed by atoms with E-state index in [1.165, 1.54) is 13.0 Å². The van der Waals surface area contributed by atoms with Gasteiger partial charge < -0.3 is 10.1 Å². The Kier molecular flexibility index (Phi) is 7.33. The highest BCUT2D eigenvalue weighted by atomic mass is 16.5. The van der Waals surface area contributed by atoms with Crippen LogP contribution in [0.3, 0.4) is 0 Å². The molecule has 0 aromatic rings. The van der Waals surface area contributed by atoms with E-state index < -0.39 is 0 Å². The topological polar surface area (TPSA) is 24.5 Å². The third kappa shape index (κ3) is 4.73. The molecule has 1 fully saturated rings. The minimum Gasteiger partial charge on any atom is -0.385 e. The first-order valence-electron chi connectivity index (χ1n) is 7.99. The number of methoxy groups -OCH3 is 1. The lowest BCUT2D eigenvalue weighted by Gasteiger charge is -2.47. The summed E-state index contributed by atoms with van der Waals surface area (Å²) < 4.78 is 5.26. The second-order valence-electron chi connectivity index (χ2n) is 6.54. The van der Waals surface area contributed by atoms with E-state index in [1.54, 1.807) is 7.11 Å². The van der Waals surface area contributed by atoms with Crippen LogP contribution in [0, 0.1) is 11.8 Å². The molecule has 0 aromatic carbocycles. The van der Waals surface area contributed by atoms with E-state index in [1.807, 2.05) is 0 Å². The first-order chi connectivity index (χ1) is 9.01. The average molecular weight is 270 g/mol. The summed E-state index contributed by atoms with van der Waals surface area (Å²) in [5.74, 6) is 1.46. The first kappa shape index (κ1) is 16.9. The molecule has 0 saturated carbocycles. The molecule has 1 aliphatic rings. The van der Waals surface area contributed by atoms with Gasteiger partial charge in [-0.15, -0.1) is 0 Å². The molecule has 1 N–H and O–H groups in total. The van der Waals surface area contributed by atoms with Crippen molar-refractivity contribution in [1.29, 1.82) is 0 Å². The number of hydrogen-bond acceptors (Lipinski definition) is 3. The lowest BCUT2D eigenvalue weighted by molar-refractivity contribution is 0.0336. The Hall–Kier alpha value is -0.120. The van der Waals surface area contributed by atoms with Crippen LogP contribution in [-0.4, -0.2) is 49.8 Å². The van der Waals surface area contributed by atoms with Crippen LogP contribution in [-0.2, 0) is 4.74 Å². The molecule has 1 saturated heterocycles. The van der Waals surface area contributed by atoms with Crippen molar-refractivity contribution in [3.63, 3.8) is 0 Å². The fourth-order valence-electron chi connectivity index (χ4n) is 3.02. The molecule has 0 aliphatic carbocycles. The zero-order valence-electron chi connectivity index (χ0n) is 13.8. The van der Waals surface area contributed by atoms with Crippen molar-refractivity contribution in [2.24, 2.45) is 11.8 Å². The summed E-state index contributed by atoms with van der Waals surface area (Å²) in [5, 5.41) is 3.75. The van der Waals surface area contributed by atoms with Crippen molar-refractivity contribution in [1.82, 2.24) is 10.2 Å². The molecular weight excluding hydrogens is 236 g/mol. The Labute approximate surface area is 120 Å². The largest absolute Gasteiger partial charge is 0.385 e. The van der Waals surface area contributed by atoms with Gasteiger partial charge in [0.05, 0.1) is 0 Å². The van der Waals surface area contributed by atoms with Crippen LogP contribution < -0.4 is 5.32 Å². The predicted molar refractivity (Wildman–Crippen MR) is 82.5 cm³/mol. The van der Waals surface area contributed by atoms with Crippen LogP contribution in [0.4, 0.5) is 0 Å². The Morgan fingerprint density at radius 1 is 1.26 bits per heavy atom. The van der Waals surface area contributed by atoms with E-state index in [0.717, 1.165) is 25.5 Å². The maximum absolute atomic E-state index is 5.26. The molecule has 1 aliphatic heterocycles. The fraction of sp³-hybridized carbons (Fsp3) is 1.00. The predicted octanol–water partition coefficient (Wildman–Crippen LogP) is 2.76. The van der Waals surface area contributed by atoms with Crippen molar-refractivity contribution in [2.75, 3.05) is 26.8 Å². The molecule has 4 unspecified atom stereocenters. The van der Waals surface area contributed by atoms with Gasteiger partial charge in [0, 0.05) is 44.9 Å². The minimum absolute atomic E-state index is 0.613. The normalized spacial score (nSPS) is 28.6. The highest BCUT2D eigenvalue weighted by molar-refractivity contribution is 4.91. The quantitative estimate of drug-likeness (QED) is 0.770. The zero-order chi connectivity index (χ0) is 14.4. The third-order valence-corrected chi connectivity index (χ3v) is 4.83. The SMILES string of the molecule is CCC(C)C1CNC(C(C)C)CN1C(C)CCOC. The molecule has 1 heterocycles. The lowest BCUT2D eigenvalue weighted by atomic mass is 9.90. The molecule has 3 nitrogen and oxygen atoms in total. The average Bonchev–Trinajstić information content (AvgIpc) is 2.43. The number of nitrogens with zero attached hydrogens (tertiary/aromatic N) is 1. The van der Waals surface area contributed by atoms with Gasteiger partial charge in [-0.05, 0) is 25.2 Å². The van der Waals surface area contributed by atoms with Crippen LogP contribution >= 0.6 is 0 Å². The Balaban J connectivity index is 2.69. The summed E-state index contributed by atoms with van der Waals surface area (Å²) in [6, 6.07) is 1.92. The van der Waals surface area contributed by atoms with Gasteiger partial charge >= 0.3 is 0 Å². The third-order valence-electron chi connectivity index (χ3n) is 4.83. The summed E-state index contributed by atoms with van der Waals surface area (Å²) in [6.45, 7) is 14.9. The highest BCUT2D eigenvalue weighted by Crippen LogP contribution is 2.23. The number of hydrogen-bond donors (Lipinski definition) is 1. The monoisotopic (exact) mass is 270 g/mol. The van der Waals surface area contributed by atoms with Crippen molar-refractivity contribution in [2.45, 2.75) is 65.6 Å². The molecule has 114 valence electrons. The van der Waals surface area contributed by atoms with E-state index in [-0.39, 0.29) is 0 Å². The fourth-order valence-corrected chi connectivity index (χ4v) is 3.02. The van der Waals surface area contributed by atoms with Gasteiger partial charge in [0.2, 0.25) is 0 Å². The standard InChI is InChI=1S/C16H34N2O/c1-7-13(4)16-10-17-15(12(2)3)11-18(16)14(5)8-9-19-6/h12-17H,7-11H2,1-6H3. The van der Waals surface area contributed by atoms with Crippen molar-refractivity contribution in [3.8, 4) is 0 Å². The Morgan fingerprint density at radius 3 is 2.47 bits per heavy atom. The van der Waals surface area contributed by atoms with E-state index >= 15 is 0 Å². The molecule has 19 heavy (non-hydrogen) atoms. The number of nitrogens with one attached hydrogen (secondary N) is 1. The summed E-state index contributed by atoms with van der Waals surface area (Å²) in [6.07, 6.45) is 2.39. The summed E-state index contributed by atoms with van der Waals surface area (Å²) >= 11 is 0. The molecule has 0 aromatic heterocycles. The molecule has 1 rings (SSSR count). The Bertz CT molecular complexity index is 245. The van der Waals surface area contributed by atoms with Crippen molar-refractivity contribution < 1.29 is 4.74 Å². The summed E-state index contributed by atoms with van der Waals surface area (Å²) in [4.78, 5) is 2.73. The lowest BCUT2D eigenvalue weighted by Crippen LogP contribution is -2.62. The second kappa shape index (κ2) is 8.23. The van der Waals surface area contributed by atoms with Crippen LogP contribution in [0.25, 0.3) is 0 Å². The Morgan fingerprint density at radius 2 is 1.95 bits per heavy atom. The molecular formula is C16H34N2O. The summed E-state index contributed by atoms with van der Waals surface area (Å²) in [5.41, 5.74) is 0. The maximum atomic E-state index is 5.26. The highest BCUT2D eigenvalue weighted by Gasteiger charge is 2.34. The number of ether oxygens (including phenoxy) is 1. The molecule has 4 atom stereocenters. The second-order valence-corrected chi connectivity index (χ2v) is 6.54. The smallest absolute Gasteiger partial charge is 0.0477 e. The first-order valence-corrected chi connectivity index (χ1v) is 7.99. The van der Waals surface area contributed by atoms with E-state index in [9.17, 15) is 0 Å². The zero-order valence-corrected chi connectivity index (χ0v) is 13.8. The van der Waals surface area contributed by atoms with Crippen molar-refractivity contribution >= 4 is 0 Å². The van der Waals surface area contributed by atoms with Crippen LogP contribution in [0.15, 0.2) is 0 Å². The van der Waals surface area contributed by atoms with Gasteiger partial charge in [-0.1, -0.05) is 34.1 Å². The van der Waals surface area contributed by atoms with Gasteiger partial charge in [0.15, 0.2) is 0 Å². The van der Waals surface area contributed by atoms with Crippen LogP contribution in [0.5, 0.6) is 0 Å². The summed E-state index contributed by atoms with van der Waals surface area (Å²) in [7, 11) is 1.80. The van der Waals surface area contributed by atoms with E-state index in [4.69, 9.17) is 4.74 Å². The molecule has 0 bridgehead atoms. The van der Waals surface area contributed by atoms with Crippen LogP contribution in [0.2, 0.25) is 0 Å². The number of piperazine rings is 1. The molecule has 0 radical (unpaired) electrons. The van der Waals surface area contributed by atoms with Gasteiger partial charge in [0.25, 0.3) is 0 Å². The van der Waals surface area contributed by atoms with Gasteiger partial charge in [-0.3, -0.25) is 4.90 Å². The molecule has 0 spiro atoms. The molecule has 3 heteroatoms. The molecule has 0 amide bonds. The van der Waals surface area contributed by atoms with Crippen molar-refractivity contribution in [3.05, 3.63) is 0 Å².